The van der Waals surface area contributed by atoms with Crippen molar-refractivity contribution < 1.29 is 23.7 Å². The van der Waals surface area contributed by atoms with Crippen LogP contribution in [0.1, 0.15) is 52.9 Å². The van der Waals surface area contributed by atoms with Crippen LogP contribution in [0.25, 0.3) is 0 Å². The van der Waals surface area contributed by atoms with Gasteiger partial charge in [0, 0.05) is 26.4 Å². The Hall–Kier alpha value is -0.650. The molecule has 0 unspecified atom stereocenters. The number of methoxy groups -OCH3 is 1. The molecule has 0 bridgehead atoms. The normalized spacial score (nSPS) is 51.5. The summed E-state index contributed by atoms with van der Waals surface area (Å²) in [5.74, 6) is -0.544. The molecule has 2 spiro atoms. The zero-order chi connectivity index (χ0) is 15.8. The largest absolute Gasteiger partial charge is 0.433 e. The molecule has 0 aromatic rings. The van der Waals surface area contributed by atoms with Crippen LogP contribution in [0.3, 0.4) is 0 Å². The molecule has 4 fully saturated rings. The number of fused-ring (bicyclic) bond motifs is 1. The lowest BCUT2D eigenvalue weighted by Gasteiger charge is -2.84. The number of rotatable bonds is 3. The molecule has 0 radical (unpaired) electrons. The molecule has 4 rings (SSSR count). The molecule has 5 heteroatoms. The summed E-state index contributed by atoms with van der Waals surface area (Å²) in [5, 5.41) is 0. The zero-order valence-electron chi connectivity index (χ0n) is 13.9. The summed E-state index contributed by atoms with van der Waals surface area (Å²) in [4.78, 5) is 12.9. The van der Waals surface area contributed by atoms with E-state index >= 15 is 0 Å². The first-order valence-corrected chi connectivity index (χ1v) is 8.38. The second-order valence-corrected chi connectivity index (χ2v) is 8.01. The Morgan fingerprint density at radius 1 is 1.27 bits per heavy atom. The van der Waals surface area contributed by atoms with Gasteiger partial charge in [-0.3, -0.25) is 4.79 Å². The highest BCUT2D eigenvalue weighted by Gasteiger charge is 2.92. The topological polar surface area (TPSA) is 54.0 Å². The molecule has 22 heavy (non-hydrogen) atoms. The molecule has 0 aromatic heterocycles. The fourth-order valence-corrected chi connectivity index (χ4v) is 6.37. The molecule has 1 aliphatic heterocycles. The Bertz CT molecular complexity index is 517. The van der Waals surface area contributed by atoms with Gasteiger partial charge in [0.2, 0.25) is 5.79 Å². The molecule has 0 amide bonds. The third-order valence-corrected chi connectivity index (χ3v) is 6.86. The summed E-state index contributed by atoms with van der Waals surface area (Å²) >= 11 is 0. The first-order chi connectivity index (χ1) is 10.3. The van der Waals surface area contributed by atoms with E-state index in [2.05, 4.69) is 6.92 Å². The minimum atomic E-state index is -0.834. The second-order valence-electron chi connectivity index (χ2n) is 8.01. The third kappa shape index (κ3) is 1.35. The van der Waals surface area contributed by atoms with Gasteiger partial charge >= 0.3 is 5.97 Å². The molecule has 4 aliphatic rings. The van der Waals surface area contributed by atoms with Crippen LogP contribution in [0, 0.1) is 16.7 Å². The average molecular weight is 310 g/mol. The van der Waals surface area contributed by atoms with Gasteiger partial charge < -0.3 is 18.9 Å². The highest BCUT2D eigenvalue weighted by molar-refractivity contribution is 5.85. The van der Waals surface area contributed by atoms with Gasteiger partial charge in [-0.2, -0.15) is 0 Å². The van der Waals surface area contributed by atoms with E-state index in [0.717, 1.165) is 19.3 Å². The predicted octanol–water partition coefficient (Wildman–Crippen LogP) is 2.62. The van der Waals surface area contributed by atoms with E-state index in [4.69, 9.17) is 18.9 Å². The molecule has 5 nitrogen and oxygen atoms in total. The molecule has 0 N–H and O–H groups in total. The van der Waals surface area contributed by atoms with E-state index in [1.54, 1.807) is 7.11 Å². The zero-order valence-corrected chi connectivity index (χ0v) is 13.9. The summed E-state index contributed by atoms with van der Waals surface area (Å²) in [6.07, 6.45) is 5.27. The predicted molar refractivity (Wildman–Crippen MR) is 77.9 cm³/mol. The van der Waals surface area contributed by atoms with Crippen molar-refractivity contribution in [3.05, 3.63) is 0 Å². The van der Waals surface area contributed by atoms with Gasteiger partial charge in [-0.15, -0.1) is 0 Å². The summed E-state index contributed by atoms with van der Waals surface area (Å²) < 4.78 is 23.0. The number of carbonyl (C=O) groups is 1. The maximum Gasteiger partial charge on any atom is 0.318 e. The minimum absolute atomic E-state index is 0.0818. The Labute approximate surface area is 131 Å². The van der Waals surface area contributed by atoms with Crippen molar-refractivity contribution >= 4 is 5.97 Å². The van der Waals surface area contributed by atoms with E-state index in [-0.39, 0.29) is 24.3 Å². The van der Waals surface area contributed by atoms with Crippen LogP contribution in [0.15, 0.2) is 0 Å². The fraction of sp³-hybridized carbons (Fsp3) is 0.941. The van der Waals surface area contributed by atoms with Gasteiger partial charge in [-0.25, -0.2) is 0 Å². The van der Waals surface area contributed by atoms with Gasteiger partial charge in [0.15, 0.2) is 0 Å². The van der Waals surface area contributed by atoms with Crippen molar-refractivity contribution in [2.45, 2.75) is 70.4 Å². The molecular formula is C17H26O5. The third-order valence-electron chi connectivity index (χ3n) is 6.86. The van der Waals surface area contributed by atoms with E-state index in [9.17, 15) is 4.79 Å². The summed E-state index contributed by atoms with van der Waals surface area (Å²) in [5.41, 5.74) is -1.04. The number of hydrogen-bond donors (Lipinski definition) is 0. The van der Waals surface area contributed by atoms with E-state index in [1.165, 1.54) is 6.42 Å². The Kier molecular flexibility index (Phi) is 2.88. The van der Waals surface area contributed by atoms with Crippen LogP contribution in [-0.2, 0) is 23.7 Å². The van der Waals surface area contributed by atoms with Crippen molar-refractivity contribution in [1.82, 2.24) is 0 Å². The second kappa shape index (κ2) is 4.25. The van der Waals surface area contributed by atoms with Crippen LogP contribution < -0.4 is 0 Å². The number of carbonyl (C=O) groups excluding carboxylic acids is 1. The van der Waals surface area contributed by atoms with E-state index in [0.29, 0.717) is 12.3 Å². The quantitative estimate of drug-likeness (QED) is 0.592. The molecule has 3 saturated carbocycles. The summed E-state index contributed by atoms with van der Waals surface area (Å²) in [6.45, 7) is 6.08. The lowest BCUT2D eigenvalue weighted by atomic mass is 9.23. The van der Waals surface area contributed by atoms with Crippen molar-refractivity contribution in [1.29, 1.82) is 0 Å². The Morgan fingerprint density at radius 3 is 2.77 bits per heavy atom. The standard InChI is InChI=1S/C17H26O5/c1-14(2)21-13(18)17-9-12(20-10-19-4)16(17)8-6-5-7-11(16)15(17,3)22-14/h11-12H,5-10H2,1-4H3/t11-,12-,15+,16-,17+/m1/s1. The summed E-state index contributed by atoms with van der Waals surface area (Å²) in [6, 6.07) is 0. The number of cyclic esters (lactones) is 1. The summed E-state index contributed by atoms with van der Waals surface area (Å²) in [7, 11) is 1.63. The van der Waals surface area contributed by atoms with Crippen LogP contribution in [0.2, 0.25) is 0 Å². The molecule has 0 aromatic carbocycles. The molecule has 3 aliphatic carbocycles. The molecular weight excluding hydrogens is 284 g/mol. The smallest absolute Gasteiger partial charge is 0.318 e. The fourth-order valence-electron chi connectivity index (χ4n) is 6.37. The van der Waals surface area contributed by atoms with Crippen LogP contribution in [-0.4, -0.2) is 37.4 Å². The number of esters is 1. The first kappa shape index (κ1) is 14.9. The minimum Gasteiger partial charge on any atom is -0.433 e. The van der Waals surface area contributed by atoms with Crippen molar-refractivity contribution in [2.24, 2.45) is 16.7 Å². The molecule has 5 atom stereocenters. The van der Waals surface area contributed by atoms with Crippen LogP contribution in [0.5, 0.6) is 0 Å². The maximum absolute atomic E-state index is 12.9. The Balaban J connectivity index is 1.73. The van der Waals surface area contributed by atoms with Gasteiger partial charge in [0.1, 0.15) is 12.2 Å². The Morgan fingerprint density at radius 2 is 2.05 bits per heavy atom. The number of hydrogen-bond acceptors (Lipinski definition) is 5. The monoisotopic (exact) mass is 310 g/mol. The lowest BCUT2D eigenvalue weighted by molar-refractivity contribution is -0.476. The molecule has 1 saturated heterocycles. The maximum atomic E-state index is 12.9. The van der Waals surface area contributed by atoms with Crippen molar-refractivity contribution in [3.63, 3.8) is 0 Å². The number of ether oxygens (including phenoxy) is 4. The van der Waals surface area contributed by atoms with Crippen molar-refractivity contribution in [2.75, 3.05) is 13.9 Å². The highest BCUT2D eigenvalue weighted by atomic mass is 16.7. The SMILES string of the molecule is COCO[C@@H]1C[C@]23C(=O)OC(C)(C)O[C@@]2(C)[C@H]2CCCC[C@]123. The van der Waals surface area contributed by atoms with E-state index < -0.39 is 16.8 Å². The van der Waals surface area contributed by atoms with Crippen LogP contribution in [0.4, 0.5) is 0 Å². The first-order valence-electron chi connectivity index (χ1n) is 8.38. The van der Waals surface area contributed by atoms with Gasteiger partial charge in [-0.1, -0.05) is 12.8 Å². The van der Waals surface area contributed by atoms with Gasteiger partial charge in [0.25, 0.3) is 0 Å². The average Bonchev–Trinajstić information content (AvgIpc) is 2.43. The van der Waals surface area contributed by atoms with Gasteiger partial charge in [-0.05, 0) is 32.1 Å². The highest BCUT2D eigenvalue weighted by Crippen LogP contribution is 2.84. The van der Waals surface area contributed by atoms with E-state index in [1.807, 2.05) is 13.8 Å². The molecule has 1 heterocycles. The van der Waals surface area contributed by atoms with Crippen molar-refractivity contribution in [3.8, 4) is 0 Å². The molecule has 124 valence electrons. The lowest BCUT2D eigenvalue weighted by Crippen LogP contribution is -2.92. The van der Waals surface area contributed by atoms with Crippen LogP contribution >= 0.6 is 0 Å². The van der Waals surface area contributed by atoms with Gasteiger partial charge in [0.05, 0.1) is 11.7 Å².